The number of hydrogen-bond acceptors (Lipinski definition) is 4. The summed E-state index contributed by atoms with van der Waals surface area (Å²) < 4.78 is 0. The molecule has 4 atom stereocenters. The zero-order valence-electron chi connectivity index (χ0n) is 11.3. The van der Waals surface area contributed by atoms with Crippen LogP contribution in [0.3, 0.4) is 0 Å². The van der Waals surface area contributed by atoms with Gasteiger partial charge in [-0.1, -0.05) is 6.42 Å². The Balaban J connectivity index is 1.80. The van der Waals surface area contributed by atoms with Gasteiger partial charge in [0, 0.05) is 11.5 Å². The van der Waals surface area contributed by atoms with Crippen molar-refractivity contribution in [3.8, 4) is 6.07 Å². The van der Waals surface area contributed by atoms with E-state index in [9.17, 15) is 15.2 Å². The summed E-state index contributed by atoms with van der Waals surface area (Å²) >= 11 is 0. The van der Waals surface area contributed by atoms with E-state index in [0.29, 0.717) is 5.92 Å². The number of amides is 1. The number of likely N-dealkylation sites (tertiary alicyclic amines) is 1. The summed E-state index contributed by atoms with van der Waals surface area (Å²) in [6.07, 6.45) is 4.72. The van der Waals surface area contributed by atoms with Gasteiger partial charge in [0.15, 0.2) is 0 Å². The first-order valence-electron chi connectivity index (χ1n) is 7.17. The second-order valence-electron chi connectivity index (χ2n) is 6.28. The number of aliphatic hydroxyl groups is 1. The summed E-state index contributed by atoms with van der Waals surface area (Å²) in [7, 11) is 1.78. The van der Waals surface area contributed by atoms with Crippen LogP contribution in [0.2, 0.25) is 0 Å². The summed E-state index contributed by atoms with van der Waals surface area (Å²) in [4.78, 5) is 14.6. The van der Waals surface area contributed by atoms with E-state index in [1.54, 1.807) is 11.9 Å². The molecule has 3 fully saturated rings. The molecule has 19 heavy (non-hydrogen) atoms. The first kappa shape index (κ1) is 12.9. The predicted octanol–water partition coefficient (Wildman–Crippen LogP) is 0.250. The van der Waals surface area contributed by atoms with E-state index >= 15 is 0 Å². The van der Waals surface area contributed by atoms with Gasteiger partial charge in [0.05, 0.1) is 18.7 Å². The highest BCUT2D eigenvalue weighted by molar-refractivity contribution is 5.85. The lowest BCUT2D eigenvalue weighted by molar-refractivity contribution is -0.142. The van der Waals surface area contributed by atoms with Crippen LogP contribution in [0.4, 0.5) is 0 Å². The molecule has 0 radical (unpaired) electrons. The third-order valence-corrected chi connectivity index (χ3v) is 5.32. The molecule has 1 amide bonds. The number of rotatable bonds is 4. The van der Waals surface area contributed by atoms with E-state index in [4.69, 9.17) is 0 Å². The number of aliphatic hydroxyl groups excluding tert-OH is 1. The van der Waals surface area contributed by atoms with E-state index < -0.39 is 0 Å². The van der Waals surface area contributed by atoms with Crippen molar-refractivity contribution in [2.24, 2.45) is 11.3 Å². The van der Waals surface area contributed by atoms with Crippen LogP contribution in [-0.4, -0.2) is 47.7 Å². The van der Waals surface area contributed by atoms with Crippen molar-refractivity contribution in [3.05, 3.63) is 0 Å². The Bertz CT molecular complexity index is 421. The molecule has 3 unspecified atom stereocenters. The molecule has 5 heteroatoms. The number of piperidine rings is 1. The molecular weight excluding hydrogens is 242 g/mol. The van der Waals surface area contributed by atoms with Gasteiger partial charge < -0.3 is 15.3 Å². The highest BCUT2D eigenvalue weighted by Crippen LogP contribution is 2.50. The van der Waals surface area contributed by atoms with Gasteiger partial charge in [0.1, 0.15) is 6.04 Å². The molecule has 1 heterocycles. The summed E-state index contributed by atoms with van der Waals surface area (Å²) in [5, 5.41) is 21.9. The van der Waals surface area contributed by atoms with Gasteiger partial charge in [-0.15, -0.1) is 0 Å². The molecule has 0 spiro atoms. The number of hydrogen-bond donors (Lipinski definition) is 2. The zero-order chi connectivity index (χ0) is 13.6. The molecule has 3 rings (SSSR count). The number of nitrogens with one attached hydrogen (secondary N) is 1. The fraction of sp³-hybridized carbons (Fsp3) is 0.857. The Morgan fingerprint density at radius 3 is 2.79 bits per heavy atom. The van der Waals surface area contributed by atoms with Crippen LogP contribution < -0.4 is 5.32 Å². The maximum atomic E-state index is 12.8. The van der Waals surface area contributed by atoms with Crippen molar-refractivity contribution < 1.29 is 9.90 Å². The van der Waals surface area contributed by atoms with Crippen LogP contribution >= 0.6 is 0 Å². The van der Waals surface area contributed by atoms with Crippen molar-refractivity contribution in [2.45, 2.75) is 50.2 Å². The minimum Gasteiger partial charge on any atom is -0.396 e. The third-order valence-electron chi connectivity index (χ3n) is 5.32. The van der Waals surface area contributed by atoms with Crippen LogP contribution in [0.5, 0.6) is 0 Å². The average molecular weight is 263 g/mol. The SMILES string of the molecule is CN[C@H](C(=O)N1C(C#N)CC2CC21)C1(CO)CCC1. The van der Waals surface area contributed by atoms with Gasteiger partial charge in [-0.2, -0.15) is 5.26 Å². The molecule has 0 bridgehead atoms. The van der Waals surface area contributed by atoms with Gasteiger partial charge >= 0.3 is 0 Å². The van der Waals surface area contributed by atoms with Gasteiger partial charge in [-0.3, -0.25) is 4.79 Å². The Morgan fingerprint density at radius 1 is 1.58 bits per heavy atom. The highest BCUT2D eigenvalue weighted by atomic mass is 16.3. The van der Waals surface area contributed by atoms with Gasteiger partial charge in [0.2, 0.25) is 5.91 Å². The number of nitrogens with zero attached hydrogens (tertiary/aromatic N) is 2. The molecule has 0 aromatic heterocycles. The second kappa shape index (κ2) is 4.46. The molecule has 2 saturated carbocycles. The Morgan fingerprint density at radius 2 is 2.32 bits per heavy atom. The largest absolute Gasteiger partial charge is 0.396 e. The van der Waals surface area contributed by atoms with Crippen molar-refractivity contribution in [1.82, 2.24) is 10.2 Å². The molecule has 2 aliphatic carbocycles. The lowest BCUT2D eigenvalue weighted by Gasteiger charge is -2.47. The minimum absolute atomic E-state index is 0.0211. The van der Waals surface area contributed by atoms with E-state index in [-0.39, 0.29) is 36.1 Å². The van der Waals surface area contributed by atoms with Gasteiger partial charge in [0.25, 0.3) is 0 Å². The Labute approximate surface area is 113 Å². The van der Waals surface area contributed by atoms with Crippen molar-refractivity contribution in [3.63, 3.8) is 0 Å². The van der Waals surface area contributed by atoms with Crippen molar-refractivity contribution in [2.75, 3.05) is 13.7 Å². The summed E-state index contributed by atoms with van der Waals surface area (Å²) in [5.74, 6) is 0.561. The number of fused-ring (bicyclic) bond motifs is 1. The number of carbonyl (C=O) groups excluding carboxylic acids is 1. The van der Waals surface area contributed by atoms with Crippen LogP contribution in [0.1, 0.15) is 32.1 Å². The van der Waals surface area contributed by atoms with Crippen LogP contribution in [0, 0.1) is 22.7 Å². The molecule has 1 saturated heterocycles. The Hall–Kier alpha value is -1.12. The molecular formula is C14H21N3O2. The fourth-order valence-corrected chi connectivity index (χ4v) is 3.90. The van der Waals surface area contributed by atoms with Gasteiger partial charge in [-0.05, 0) is 38.6 Å². The Kier molecular flexibility index (Phi) is 3.03. The fourth-order valence-electron chi connectivity index (χ4n) is 3.90. The highest BCUT2D eigenvalue weighted by Gasteiger charge is 2.57. The normalized spacial score (nSPS) is 36.1. The number of likely N-dealkylation sites (N-methyl/N-ethyl adjacent to an activating group) is 1. The molecule has 2 N–H and O–H groups in total. The number of carbonyl (C=O) groups is 1. The lowest BCUT2D eigenvalue weighted by atomic mass is 9.64. The van der Waals surface area contributed by atoms with Gasteiger partial charge in [-0.25, -0.2) is 0 Å². The van der Waals surface area contributed by atoms with Crippen molar-refractivity contribution >= 4 is 5.91 Å². The maximum Gasteiger partial charge on any atom is 0.241 e. The minimum atomic E-state index is -0.346. The monoisotopic (exact) mass is 263 g/mol. The van der Waals surface area contributed by atoms with E-state index in [1.807, 2.05) is 0 Å². The molecule has 1 aliphatic heterocycles. The van der Waals surface area contributed by atoms with Crippen molar-refractivity contribution in [1.29, 1.82) is 5.26 Å². The number of nitriles is 1. The summed E-state index contributed by atoms with van der Waals surface area (Å²) in [5.41, 5.74) is -0.307. The van der Waals surface area contributed by atoms with Crippen LogP contribution in [0.25, 0.3) is 0 Å². The first-order valence-corrected chi connectivity index (χ1v) is 7.17. The quantitative estimate of drug-likeness (QED) is 0.762. The molecule has 104 valence electrons. The smallest absolute Gasteiger partial charge is 0.241 e. The predicted molar refractivity (Wildman–Crippen MR) is 69.0 cm³/mol. The lowest BCUT2D eigenvalue weighted by Crippen LogP contribution is -2.60. The molecule has 5 nitrogen and oxygen atoms in total. The summed E-state index contributed by atoms with van der Waals surface area (Å²) in [6, 6.07) is 1.93. The third kappa shape index (κ3) is 1.78. The topological polar surface area (TPSA) is 76.4 Å². The standard InChI is InChI=1S/C14H21N3O2/c1-16-12(14(8-18)3-2-4-14)13(19)17-10(7-15)5-9-6-11(9)17/h9-12,16,18H,2-6,8H2,1H3/t9?,10?,11?,12-/m1/s1. The van der Waals surface area contributed by atoms with E-state index in [1.165, 1.54) is 0 Å². The van der Waals surface area contributed by atoms with Crippen LogP contribution in [-0.2, 0) is 4.79 Å². The molecule has 0 aromatic carbocycles. The van der Waals surface area contributed by atoms with E-state index in [0.717, 1.165) is 32.1 Å². The maximum absolute atomic E-state index is 12.8. The average Bonchev–Trinajstić information content (AvgIpc) is 3.03. The van der Waals surface area contributed by atoms with E-state index in [2.05, 4.69) is 11.4 Å². The second-order valence-corrected chi connectivity index (χ2v) is 6.28. The molecule has 3 aliphatic rings. The first-order chi connectivity index (χ1) is 9.16. The molecule has 0 aromatic rings. The summed E-state index contributed by atoms with van der Waals surface area (Å²) in [6.45, 7) is 0.0450. The van der Waals surface area contributed by atoms with Crippen LogP contribution in [0.15, 0.2) is 0 Å². The zero-order valence-corrected chi connectivity index (χ0v) is 11.3.